The molecule has 0 atom stereocenters. The molecule has 0 aliphatic carbocycles. The monoisotopic (exact) mass is 264 g/mol. The smallest absolute Gasteiger partial charge is 0.257 e. The number of anilines is 1. The van der Waals surface area contributed by atoms with Gasteiger partial charge in [0.25, 0.3) is 5.88 Å². The van der Waals surface area contributed by atoms with Gasteiger partial charge < -0.3 is 14.5 Å². The molecule has 0 aromatic carbocycles. The molecule has 2 rings (SSSR count). The molecule has 104 valence electrons. The van der Waals surface area contributed by atoms with E-state index in [-0.39, 0.29) is 11.8 Å². The van der Waals surface area contributed by atoms with Crippen molar-refractivity contribution < 1.29 is 9.53 Å². The highest BCUT2D eigenvalue weighted by Crippen LogP contribution is 2.23. The van der Waals surface area contributed by atoms with Crippen LogP contribution in [0.2, 0.25) is 0 Å². The Morgan fingerprint density at radius 2 is 1.84 bits per heavy atom. The van der Waals surface area contributed by atoms with Gasteiger partial charge in [-0.3, -0.25) is 4.79 Å². The van der Waals surface area contributed by atoms with Crippen molar-refractivity contribution in [1.82, 2.24) is 14.9 Å². The molecule has 1 aromatic heterocycles. The second-order valence-electron chi connectivity index (χ2n) is 4.86. The summed E-state index contributed by atoms with van der Waals surface area (Å²) >= 11 is 0. The molecular formula is C13H20N4O2. The average Bonchev–Trinajstić information content (AvgIpc) is 2.46. The summed E-state index contributed by atoms with van der Waals surface area (Å²) in [6.07, 6.45) is 3.27. The number of carbonyl (C=O) groups is 1. The minimum absolute atomic E-state index is 0.0533. The molecule has 0 bridgehead atoms. The van der Waals surface area contributed by atoms with Crippen molar-refractivity contribution in [3.05, 3.63) is 12.4 Å². The summed E-state index contributed by atoms with van der Waals surface area (Å²) in [5.41, 5.74) is 0. The number of rotatable bonds is 3. The van der Waals surface area contributed by atoms with Gasteiger partial charge in [-0.05, 0) is 0 Å². The maximum atomic E-state index is 11.9. The maximum absolute atomic E-state index is 11.9. The zero-order valence-corrected chi connectivity index (χ0v) is 11.7. The molecule has 2 heterocycles. The second kappa shape index (κ2) is 5.86. The van der Waals surface area contributed by atoms with Crippen LogP contribution in [0.3, 0.4) is 0 Å². The SMILES string of the molecule is COc1nccnc1N1CCN(C(=O)C(C)C)CC1. The lowest BCUT2D eigenvalue weighted by Crippen LogP contribution is -2.50. The first-order valence-corrected chi connectivity index (χ1v) is 6.52. The molecule has 19 heavy (non-hydrogen) atoms. The Morgan fingerprint density at radius 1 is 1.21 bits per heavy atom. The summed E-state index contributed by atoms with van der Waals surface area (Å²) in [6.45, 7) is 6.81. The summed E-state index contributed by atoms with van der Waals surface area (Å²) in [5, 5.41) is 0. The Kier molecular flexibility index (Phi) is 4.19. The lowest BCUT2D eigenvalue weighted by Gasteiger charge is -2.36. The summed E-state index contributed by atoms with van der Waals surface area (Å²) < 4.78 is 5.22. The number of methoxy groups -OCH3 is 1. The van der Waals surface area contributed by atoms with Gasteiger partial charge in [0.15, 0.2) is 5.82 Å². The van der Waals surface area contributed by atoms with E-state index in [9.17, 15) is 4.79 Å². The van der Waals surface area contributed by atoms with Gasteiger partial charge in [0.1, 0.15) is 0 Å². The molecule has 6 heteroatoms. The minimum Gasteiger partial charge on any atom is -0.478 e. The molecule has 1 aromatic rings. The molecule has 1 aliphatic heterocycles. The van der Waals surface area contributed by atoms with Crippen molar-refractivity contribution in [1.29, 1.82) is 0 Å². The summed E-state index contributed by atoms with van der Waals surface area (Å²) in [7, 11) is 1.59. The molecule has 1 amide bonds. The van der Waals surface area contributed by atoms with Gasteiger partial charge in [0.2, 0.25) is 5.91 Å². The van der Waals surface area contributed by atoms with Gasteiger partial charge in [-0.25, -0.2) is 9.97 Å². The predicted molar refractivity (Wildman–Crippen MR) is 72.2 cm³/mol. The van der Waals surface area contributed by atoms with Crippen molar-refractivity contribution >= 4 is 11.7 Å². The van der Waals surface area contributed by atoms with Crippen LogP contribution in [0.15, 0.2) is 12.4 Å². The normalized spacial score (nSPS) is 15.8. The van der Waals surface area contributed by atoms with Crippen LogP contribution in [0, 0.1) is 5.92 Å². The summed E-state index contributed by atoms with van der Waals surface area (Å²) in [4.78, 5) is 24.4. The Labute approximate surface area is 113 Å². The Hall–Kier alpha value is -1.85. The van der Waals surface area contributed by atoms with Crippen molar-refractivity contribution in [2.75, 3.05) is 38.2 Å². The molecular weight excluding hydrogens is 244 g/mol. The van der Waals surface area contributed by atoms with Crippen LogP contribution < -0.4 is 9.64 Å². The topological polar surface area (TPSA) is 58.6 Å². The number of piperazine rings is 1. The van der Waals surface area contributed by atoms with Crippen LogP contribution in [-0.2, 0) is 4.79 Å². The molecule has 1 aliphatic rings. The van der Waals surface area contributed by atoms with E-state index in [0.29, 0.717) is 5.88 Å². The number of ether oxygens (including phenoxy) is 1. The van der Waals surface area contributed by atoms with E-state index < -0.39 is 0 Å². The van der Waals surface area contributed by atoms with E-state index >= 15 is 0 Å². The van der Waals surface area contributed by atoms with Crippen molar-refractivity contribution in [3.8, 4) is 5.88 Å². The van der Waals surface area contributed by atoms with E-state index in [1.807, 2.05) is 18.7 Å². The Bertz CT molecular complexity index is 442. The molecule has 0 N–H and O–H groups in total. The van der Waals surface area contributed by atoms with Gasteiger partial charge in [0.05, 0.1) is 7.11 Å². The van der Waals surface area contributed by atoms with Crippen molar-refractivity contribution in [3.63, 3.8) is 0 Å². The van der Waals surface area contributed by atoms with Crippen molar-refractivity contribution in [2.24, 2.45) is 5.92 Å². The third-order valence-corrected chi connectivity index (χ3v) is 3.22. The molecule has 0 saturated carbocycles. The third kappa shape index (κ3) is 2.94. The maximum Gasteiger partial charge on any atom is 0.257 e. The number of amides is 1. The first kappa shape index (κ1) is 13.6. The van der Waals surface area contributed by atoms with Gasteiger partial charge >= 0.3 is 0 Å². The van der Waals surface area contributed by atoms with Gasteiger partial charge in [-0.15, -0.1) is 0 Å². The number of carbonyl (C=O) groups excluding carboxylic acids is 1. The fourth-order valence-electron chi connectivity index (χ4n) is 2.18. The van der Waals surface area contributed by atoms with E-state index in [0.717, 1.165) is 32.0 Å². The quantitative estimate of drug-likeness (QED) is 0.808. The zero-order chi connectivity index (χ0) is 13.8. The molecule has 6 nitrogen and oxygen atoms in total. The number of aromatic nitrogens is 2. The Morgan fingerprint density at radius 3 is 2.42 bits per heavy atom. The second-order valence-corrected chi connectivity index (χ2v) is 4.86. The molecule has 0 unspecified atom stereocenters. The van der Waals surface area contributed by atoms with Crippen LogP contribution in [0.4, 0.5) is 5.82 Å². The highest BCUT2D eigenvalue weighted by Gasteiger charge is 2.25. The van der Waals surface area contributed by atoms with E-state index in [4.69, 9.17) is 4.74 Å². The molecule has 0 spiro atoms. The standard InChI is InChI=1S/C13H20N4O2/c1-10(2)13(18)17-8-6-16(7-9-17)11-12(19-3)15-5-4-14-11/h4-5,10H,6-9H2,1-3H3. The highest BCUT2D eigenvalue weighted by atomic mass is 16.5. The lowest BCUT2D eigenvalue weighted by atomic mass is 10.1. The van der Waals surface area contributed by atoms with Crippen molar-refractivity contribution in [2.45, 2.75) is 13.8 Å². The van der Waals surface area contributed by atoms with Crippen LogP contribution in [-0.4, -0.2) is 54.1 Å². The highest BCUT2D eigenvalue weighted by molar-refractivity contribution is 5.78. The zero-order valence-electron chi connectivity index (χ0n) is 11.7. The first-order chi connectivity index (χ1) is 9.13. The Balaban J connectivity index is 2.02. The van der Waals surface area contributed by atoms with Gasteiger partial charge in [-0.2, -0.15) is 0 Å². The molecule has 1 fully saturated rings. The first-order valence-electron chi connectivity index (χ1n) is 6.52. The lowest BCUT2D eigenvalue weighted by molar-refractivity contribution is -0.134. The van der Waals surface area contributed by atoms with Crippen LogP contribution in [0.25, 0.3) is 0 Å². The molecule has 1 saturated heterocycles. The van der Waals surface area contributed by atoms with Gasteiger partial charge in [-0.1, -0.05) is 13.8 Å². The fourth-order valence-corrected chi connectivity index (χ4v) is 2.18. The number of nitrogens with zero attached hydrogens (tertiary/aromatic N) is 4. The fraction of sp³-hybridized carbons (Fsp3) is 0.615. The van der Waals surface area contributed by atoms with E-state index in [2.05, 4.69) is 14.9 Å². The van der Waals surface area contributed by atoms with E-state index in [1.54, 1.807) is 19.5 Å². The number of hydrogen-bond donors (Lipinski definition) is 0. The average molecular weight is 264 g/mol. The minimum atomic E-state index is 0.0533. The number of hydrogen-bond acceptors (Lipinski definition) is 5. The van der Waals surface area contributed by atoms with Crippen LogP contribution >= 0.6 is 0 Å². The van der Waals surface area contributed by atoms with Crippen LogP contribution in [0.5, 0.6) is 5.88 Å². The largest absolute Gasteiger partial charge is 0.478 e. The third-order valence-electron chi connectivity index (χ3n) is 3.22. The van der Waals surface area contributed by atoms with E-state index in [1.165, 1.54) is 0 Å². The van der Waals surface area contributed by atoms with Gasteiger partial charge in [0, 0.05) is 44.5 Å². The summed E-state index contributed by atoms with van der Waals surface area (Å²) in [5.74, 6) is 1.55. The summed E-state index contributed by atoms with van der Waals surface area (Å²) in [6, 6.07) is 0. The predicted octanol–water partition coefficient (Wildman–Crippen LogP) is 0.790. The van der Waals surface area contributed by atoms with Crippen LogP contribution in [0.1, 0.15) is 13.8 Å². The molecule has 0 radical (unpaired) electrons.